The molecule has 0 heterocycles. The minimum absolute atomic E-state index is 0. The van der Waals surface area contributed by atoms with Crippen LogP contribution in [0.4, 0.5) is 0 Å². The van der Waals surface area contributed by atoms with Crippen molar-refractivity contribution < 1.29 is 21.7 Å². The van der Waals surface area contributed by atoms with E-state index in [0.29, 0.717) is 10.9 Å². The number of rotatable bonds is 8. The number of nitrogens with two attached hydrogens (primary N) is 1. The van der Waals surface area contributed by atoms with Crippen LogP contribution >= 0.6 is 0 Å². The summed E-state index contributed by atoms with van der Waals surface area (Å²) >= 11 is 0. The van der Waals surface area contributed by atoms with Gasteiger partial charge in [-0.25, -0.2) is 0 Å². The number of hydrogen-bond donors (Lipinski definition) is 1. The lowest BCUT2D eigenvalue weighted by Crippen LogP contribution is -3.00. The maximum Gasteiger partial charge on any atom is 0.205 e. The molecule has 0 fully saturated rings. The fraction of sp³-hybridized carbons (Fsp3) is 0.632. The van der Waals surface area contributed by atoms with Gasteiger partial charge in [0, 0.05) is 6.42 Å². The van der Waals surface area contributed by atoms with Crippen molar-refractivity contribution >= 4 is 5.78 Å². The van der Waals surface area contributed by atoms with Gasteiger partial charge in [-0.05, 0) is 58.3 Å². The summed E-state index contributed by atoms with van der Waals surface area (Å²) in [7, 11) is 0. The van der Waals surface area contributed by atoms with Crippen LogP contribution in [0.1, 0.15) is 47.0 Å². The lowest BCUT2D eigenvalue weighted by molar-refractivity contribution is -0.974. The second-order valence-corrected chi connectivity index (χ2v) is 5.67. The normalized spacial score (nSPS) is 16.1. The third-order valence-electron chi connectivity index (χ3n) is 4.65. The first-order chi connectivity index (χ1) is 10.4. The summed E-state index contributed by atoms with van der Waals surface area (Å²) in [6.45, 7) is 9.48. The van der Waals surface area contributed by atoms with Gasteiger partial charge in [0.05, 0.1) is 19.1 Å². The van der Waals surface area contributed by atoms with E-state index in [1.165, 1.54) is 0 Å². The molecule has 0 aliphatic carbocycles. The summed E-state index contributed by atoms with van der Waals surface area (Å²) < 4.78 is 0.690. The van der Waals surface area contributed by atoms with E-state index in [9.17, 15) is 4.79 Å². The molecule has 3 unspecified atom stereocenters. The zero-order valence-corrected chi connectivity index (χ0v) is 15.5. The van der Waals surface area contributed by atoms with Gasteiger partial charge in [-0.3, -0.25) is 9.28 Å². The van der Waals surface area contributed by atoms with Crippen molar-refractivity contribution in [2.45, 2.75) is 65.1 Å². The average molecular weight is 337 g/mol. The summed E-state index contributed by atoms with van der Waals surface area (Å²) in [5.74, 6) is 10.8. The van der Waals surface area contributed by atoms with Crippen LogP contribution < -0.4 is 18.1 Å². The van der Waals surface area contributed by atoms with E-state index >= 15 is 0 Å². The van der Waals surface area contributed by atoms with E-state index in [1.54, 1.807) is 0 Å². The minimum atomic E-state index is -0.0535. The molecule has 0 spiro atoms. The fourth-order valence-corrected chi connectivity index (χ4v) is 3.25. The highest BCUT2D eigenvalue weighted by Gasteiger charge is 2.41. The quantitative estimate of drug-likeness (QED) is 0.349. The molecule has 0 aromatic heterocycles. The molecule has 0 aromatic rings. The molecule has 0 saturated heterocycles. The number of nitrogens with zero attached hydrogens (tertiary/aromatic N) is 1. The van der Waals surface area contributed by atoms with Gasteiger partial charge in [0.15, 0.2) is 0 Å². The highest BCUT2D eigenvalue weighted by atomic mass is 35.5. The third kappa shape index (κ3) is 6.29. The van der Waals surface area contributed by atoms with Crippen LogP contribution in [-0.4, -0.2) is 41.5 Å². The van der Waals surface area contributed by atoms with Crippen molar-refractivity contribution in [3.05, 3.63) is 0 Å². The topological polar surface area (TPSA) is 43.1 Å². The molecule has 0 aliphatic rings. The third-order valence-corrected chi connectivity index (χ3v) is 4.65. The van der Waals surface area contributed by atoms with Crippen molar-refractivity contribution in [2.75, 3.05) is 13.1 Å². The number of halogens is 1. The van der Waals surface area contributed by atoms with Crippen molar-refractivity contribution in [3.8, 4) is 36.5 Å². The van der Waals surface area contributed by atoms with Crippen LogP contribution in [-0.2, 0) is 4.79 Å². The molecule has 0 aliphatic heterocycles. The van der Waals surface area contributed by atoms with Crippen molar-refractivity contribution in [2.24, 2.45) is 5.73 Å². The summed E-state index contributed by atoms with van der Waals surface area (Å²) in [5.41, 5.74) is 5.26. The maximum absolute atomic E-state index is 11.6. The van der Waals surface area contributed by atoms with Gasteiger partial charge in [0.2, 0.25) is 5.78 Å². The number of Topliss-reactive ketones (excluding diaryl/α,β-unsaturated/α-hetero) is 1. The minimum Gasteiger partial charge on any atom is -1.00 e. The van der Waals surface area contributed by atoms with Crippen molar-refractivity contribution in [1.82, 2.24) is 0 Å². The molecule has 0 amide bonds. The molecule has 2 N–H and O–H groups in total. The Hall–Kier alpha value is -1.44. The number of quaternary nitrogens is 1. The van der Waals surface area contributed by atoms with Gasteiger partial charge in [0.25, 0.3) is 0 Å². The Morgan fingerprint density at radius 2 is 1.70 bits per heavy atom. The molecule has 0 aromatic carbocycles. The van der Waals surface area contributed by atoms with Crippen LogP contribution in [0.5, 0.6) is 0 Å². The Kier molecular flexibility index (Phi) is 12.5. The Balaban J connectivity index is 0. The van der Waals surface area contributed by atoms with Gasteiger partial charge in [-0.2, -0.15) is 0 Å². The molecule has 0 rings (SSSR count). The second-order valence-electron chi connectivity index (χ2n) is 5.67. The summed E-state index contributed by atoms with van der Waals surface area (Å²) in [4.78, 5) is 11.6. The molecule has 128 valence electrons. The molecule has 4 heteroatoms. The number of terminal acetylenes is 2. The zero-order valence-electron chi connectivity index (χ0n) is 14.7. The molecule has 0 bridgehead atoms. The second kappa shape index (κ2) is 12.0. The van der Waals surface area contributed by atoms with Gasteiger partial charge in [0.1, 0.15) is 12.1 Å². The molecule has 3 atom stereocenters. The lowest BCUT2D eigenvalue weighted by Gasteiger charge is -2.48. The largest absolute Gasteiger partial charge is 1.00 e. The van der Waals surface area contributed by atoms with Crippen molar-refractivity contribution in [3.63, 3.8) is 0 Å². The predicted molar refractivity (Wildman–Crippen MR) is 92.5 cm³/mol. The average Bonchev–Trinajstić information content (AvgIpc) is 2.53. The summed E-state index contributed by atoms with van der Waals surface area (Å²) in [5, 5.41) is 0. The molecule has 23 heavy (non-hydrogen) atoms. The van der Waals surface area contributed by atoms with E-state index in [1.807, 2.05) is 13.8 Å². The van der Waals surface area contributed by atoms with E-state index in [4.69, 9.17) is 18.6 Å². The van der Waals surface area contributed by atoms with Crippen LogP contribution in [0.15, 0.2) is 0 Å². The van der Waals surface area contributed by atoms with E-state index < -0.39 is 0 Å². The van der Waals surface area contributed by atoms with Crippen LogP contribution in [0.2, 0.25) is 0 Å². The van der Waals surface area contributed by atoms with E-state index in [-0.39, 0.29) is 42.9 Å². The molecular formula is C19H29ClN2O. The molecular weight excluding hydrogens is 308 g/mol. The highest BCUT2D eigenvalue weighted by molar-refractivity contribution is 5.95. The molecule has 0 radical (unpaired) electrons. The van der Waals surface area contributed by atoms with Gasteiger partial charge in [-0.1, -0.05) is 5.92 Å². The van der Waals surface area contributed by atoms with Gasteiger partial charge in [-0.15, -0.1) is 12.8 Å². The standard InChI is InChI=1S/C19H29N2O.ClH/c1-7-16(4)21(9-3,17(5)8-2)18(6)12-10-13-19(22)14-11-15-20;/h1-2,16-18H,9-10,12-13,15,20H2,3-6H3;1H/q+1;/p-1. The Morgan fingerprint density at radius 3 is 2.09 bits per heavy atom. The molecule has 3 nitrogen and oxygen atoms in total. The number of carbonyl (C=O) groups excluding carboxylic acids is 1. The monoisotopic (exact) mass is 336 g/mol. The maximum atomic E-state index is 11.6. The predicted octanol–water partition coefficient (Wildman–Crippen LogP) is -1.04. The first-order valence-electron chi connectivity index (χ1n) is 7.91. The first-order valence-corrected chi connectivity index (χ1v) is 7.91. The van der Waals surface area contributed by atoms with E-state index in [2.05, 4.69) is 37.5 Å². The van der Waals surface area contributed by atoms with Crippen LogP contribution in [0.25, 0.3) is 0 Å². The zero-order chi connectivity index (χ0) is 17.2. The fourth-order valence-electron chi connectivity index (χ4n) is 3.25. The highest BCUT2D eigenvalue weighted by Crippen LogP contribution is 2.27. The van der Waals surface area contributed by atoms with Gasteiger partial charge < -0.3 is 18.1 Å². The number of ketones is 1. The Bertz CT molecular complexity index is 484. The number of carbonyl (C=O) groups is 1. The summed E-state index contributed by atoms with van der Waals surface area (Å²) in [6.07, 6.45) is 13.5. The Morgan fingerprint density at radius 1 is 1.17 bits per heavy atom. The van der Waals surface area contributed by atoms with Crippen molar-refractivity contribution in [1.29, 1.82) is 0 Å². The van der Waals surface area contributed by atoms with Crippen LogP contribution in [0, 0.1) is 36.5 Å². The number of hydrogen-bond acceptors (Lipinski definition) is 2. The van der Waals surface area contributed by atoms with Gasteiger partial charge >= 0.3 is 0 Å². The summed E-state index contributed by atoms with van der Waals surface area (Å²) in [6, 6.07) is 0.370. The smallest absolute Gasteiger partial charge is 0.205 e. The molecule has 0 saturated carbocycles. The SMILES string of the molecule is C#CC(C)[N+](CC)(C(C)C#C)C(C)CCCC(=O)C#CCN.[Cl-]. The Labute approximate surface area is 148 Å². The first kappa shape index (κ1) is 23.8. The van der Waals surface area contributed by atoms with Crippen LogP contribution in [0.3, 0.4) is 0 Å². The lowest BCUT2D eigenvalue weighted by atomic mass is 9.98. The van der Waals surface area contributed by atoms with E-state index in [0.717, 1.165) is 19.4 Å².